The van der Waals surface area contributed by atoms with Gasteiger partial charge in [-0.2, -0.15) is 0 Å². The zero-order valence-electron chi connectivity index (χ0n) is 9.21. The van der Waals surface area contributed by atoms with Crippen LogP contribution < -0.4 is 0 Å². The van der Waals surface area contributed by atoms with Crippen molar-refractivity contribution in [2.45, 2.75) is 39.2 Å². The summed E-state index contributed by atoms with van der Waals surface area (Å²) in [5, 5.41) is 0. The summed E-state index contributed by atoms with van der Waals surface area (Å²) >= 11 is 0. The monoisotopic (exact) mass is 190 g/mol. The Morgan fingerprint density at radius 2 is 2.21 bits per heavy atom. The van der Waals surface area contributed by atoms with Crippen LogP contribution in [0.3, 0.4) is 0 Å². The molecule has 0 aromatic heterocycles. The van der Waals surface area contributed by atoms with E-state index >= 15 is 0 Å². The first kappa shape index (κ1) is 9.57. The molecule has 0 N–H and O–H groups in total. The van der Waals surface area contributed by atoms with Crippen LogP contribution in [0, 0.1) is 5.92 Å². The van der Waals surface area contributed by atoms with E-state index < -0.39 is 0 Å². The smallest absolute Gasteiger partial charge is 0.107 e. The van der Waals surface area contributed by atoms with Crippen molar-refractivity contribution >= 4 is 0 Å². The first-order valence-corrected chi connectivity index (χ1v) is 5.39. The fraction of sp³-hybridized carbons (Fsp3) is 0.538. The van der Waals surface area contributed by atoms with Gasteiger partial charge in [-0.25, -0.2) is 0 Å². The normalized spacial score (nSPS) is 28.6. The van der Waals surface area contributed by atoms with E-state index in [0.29, 0.717) is 5.92 Å². The summed E-state index contributed by atoms with van der Waals surface area (Å²) in [6.45, 7) is 6.53. The Kier molecular flexibility index (Phi) is 2.26. The van der Waals surface area contributed by atoms with Gasteiger partial charge in [0.25, 0.3) is 0 Å². The van der Waals surface area contributed by atoms with Crippen LogP contribution in [0.15, 0.2) is 35.6 Å². The first-order chi connectivity index (χ1) is 6.62. The molecule has 1 nitrogen and oxygen atoms in total. The molecule has 1 unspecified atom stereocenters. The summed E-state index contributed by atoms with van der Waals surface area (Å²) in [7, 11) is 0. The summed E-state index contributed by atoms with van der Waals surface area (Å²) in [6, 6.07) is 0. The number of hydrogen-bond acceptors (Lipinski definition) is 1. The van der Waals surface area contributed by atoms with Crippen LogP contribution in [0.4, 0.5) is 0 Å². The SMILES string of the molecule is CCC1C=CC=CC2=C1OC(C)(C)C2. The highest BCUT2D eigenvalue weighted by molar-refractivity contribution is 5.36. The van der Waals surface area contributed by atoms with Crippen molar-refractivity contribution in [3.63, 3.8) is 0 Å². The maximum Gasteiger partial charge on any atom is 0.107 e. The highest BCUT2D eigenvalue weighted by atomic mass is 16.5. The van der Waals surface area contributed by atoms with E-state index in [1.807, 2.05) is 0 Å². The van der Waals surface area contributed by atoms with Crippen molar-refractivity contribution in [1.29, 1.82) is 0 Å². The summed E-state index contributed by atoms with van der Waals surface area (Å²) in [4.78, 5) is 0. The van der Waals surface area contributed by atoms with Gasteiger partial charge in [0.05, 0.1) is 0 Å². The van der Waals surface area contributed by atoms with Gasteiger partial charge in [-0.1, -0.05) is 31.2 Å². The molecule has 0 aromatic rings. The molecule has 0 fully saturated rings. The maximum absolute atomic E-state index is 6.01. The standard InChI is InChI=1S/C13H18O/c1-4-10-7-5-6-8-11-9-13(2,3)14-12(10)11/h5-8,10H,4,9H2,1-3H3. The van der Waals surface area contributed by atoms with E-state index in [-0.39, 0.29) is 5.60 Å². The highest BCUT2D eigenvalue weighted by Crippen LogP contribution is 2.39. The minimum atomic E-state index is -0.00634. The highest BCUT2D eigenvalue weighted by Gasteiger charge is 2.33. The van der Waals surface area contributed by atoms with Crippen molar-refractivity contribution < 1.29 is 4.74 Å². The number of rotatable bonds is 1. The van der Waals surface area contributed by atoms with Gasteiger partial charge in [0, 0.05) is 12.3 Å². The molecule has 0 aromatic carbocycles. The molecule has 0 saturated heterocycles. The topological polar surface area (TPSA) is 9.23 Å². The Hall–Kier alpha value is -0.980. The molecule has 2 rings (SSSR count). The lowest BCUT2D eigenvalue weighted by molar-refractivity contribution is 0.0491. The zero-order chi connectivity index (χ0) is 10.2. The van der Waals surface area contributed by atoms with Crippen molar-refractivity contribution in [2.24, 2.45) is 5.92 Å². The summed E-state index contributed by atoms with van der Waals surface area (Å²) in [5.74, 6) is 1.67. The fourth-order valence-corrected chi connectivity index (χ4v) is 2.18. The van der Waals surface area contributed by atoms with E-state index in [1.54, 1.807) is 0 Å². The fourth-order valence-electron chi connectivity index (χ4n) is 2.18. The lowest BCUT2D eigenvalue weighted by Crippen LogP contribution is -2.19. The van der Waals surface area contributed by atoms with Gasteiger partial charge in [-0.05, 0) is 25.8 Å². The van der Waals surface area contributed by atoms with Gasteiger partial charge >= 0.3 is 0 Å². The predicted molar refractivity (Wildman–Crippen MR) is 58.9 cm³/mol. The van der Waals surface area contributed by atoms with Crippen LogP contribution in [0.1, 0.15) is 33.6 Å². The summed E-state index contributed by atoms with van der Waals surface area (Å²) < 4.78 is 6.01. The molecule has 1 heteroatoms. The van der Waals surface area contributed by atoms with Crippen LogP contribution in [0.25, 0.3) is 0 Å². The van der Waals surface area contributed by atoms with Crippen molar-refractivity contribution in [1.82, 2.24) is 0 Å². The maximum atomic E-state index is 6.01. The van der Waals surface area contributed by atoms with Crippen LogP contribution in [0.2, 0.25) is 0 Å². The molecule has 0 bridgehead atoms. The largest absolute Gasteiger partial charge is 0.491 e. The number of allylic oxidation sites excluding steroid dienone is 4. The Morgan fingerprint density at radius 3 is 2.93 bits per heavy atom. The van der Waals surface area contributed by atoms with Crippen LogP contribution in [-0.4, -0.2) is 5.60 Å². The molecule has 0 spiro atoms. The lowest BCUT2D eigenvalue weighted by atomic mass is 9.98. The molecule has 1 aliphatic heterocycles. The van der Waals surface area contributed by atoms with E-state index in [9.17, 15) is 0 Å². The molecule has 1 atom stereocenters. The Bertz CT molecular complexity index is 318. The quantitative estimate of drug-likeness (QED) is 0.614. The van der Waals surface area contributed by atoms with Crippen molar-refractivity contribution in [3.05, 3.63) is 35.6 Å². The molecule has 2 aliphatic rings. The first-order valence-electron chi connectivity index (χ1n) is 5.39. The van der Waals surface area contributed by atoms with Crippen LogP contribution in [-0.2, 0) is 4.74 Å². The Balaban J connectivity index is 2.31. The van der Waals surface area contributed by atoms with E-state index in [2.05, 4.69) is 45.1 Å². The van der Waals surface area contributed by atoms with E-state index in [0.717, 1.165) is 12.8 Å². The molecule has 0 amide bonds. The second kappa shape index (κ2) is 3.30. The van der Waals surface area contributed by atoms with Gasteiger partial charge in [-0.3, -0.25) is 0 Å². The molecule has 1 aliphatic carbocycles. The lowest BCUT2D eigenvalue weighted by Gasteiger charge is -2.22. The van der Waals surface area contributed by atoms with Crippen molar-refractivity contribution in [2.75, 3.05) is 0 Å². The van der Waals surface area contributed by atoms with Crippen LogP contribution >= 0.6 is 0 Å². The Labute approximate surface area is 86.2 Å². The third kappa shape index (κ3) is 1.63. The zero-order valence-corrected chi connectivity index (χ0v) is 9.21. The predicted octanol–water partition coefficient (Wildman–Crippen LogP) is 3.59. The van der Waals surface area contributed by atoms with Gasteiger partial charge in [0.1, 0.15) is 11.4 Å². The van der Waals surface area contributed by atoms with E-state index in [4.69, 9.17) is 4.74 Å². The average Bonchev–Trinajstić information content (AvgIpc) is 2.29. The third-order valence-corrected chi connectivity index (χ3v) is 2.85. The number of ether oxygens (including phenoxy) is 1. The van der Waals surface area contributed by atoms with Gasteiger partial charge in [0.15, 0.2) is 0 Å². The van der Waals surface area contributed by atoms with Gasteiger partial charge < -0.3 is 4.74 Å². The van der Waals surface area contributed by atoms with Gasteiger partial charge in [0.2, 0.25) is 0 Å². The second-order valence-corrected chi connectivity index (χ2v) is 4.69. The Morgan fingerprint density at radius 1 is 1.43 bits per heavy atom. The third-order valence-electron chi connectivity index (χ3n) is 2.85. The second-order valence-electron chi connectivity index (χ2n) is 4.69. The molecular formula is C13H18O. The minimum Gasteiger partial charge on any atom is -0.491 e. The summed E-state index contributed by atoms with van der Waals surface area (Å²) in [5.41, 5.74) is 1.38. The molecule has 0 saturated carbocycles. The molecule has 14 heavy (non-hydrogen) atoms. The molecule has 1 heterocycles. The van der Waals surface area contributed by atoms with Crippen LogP contribution in [0.5, 0.6) is 0 Å². The van der Waals surface area contributed by atoms with E-state index in [1.165, 1.54) is 11.3 Å². The summed E-state index contributed by atoms with van der Waals surface area (Å²) in [6.07, 6.45) is 10.8. The average molecular weight is 190 g/mol. The van der Waals surface area contributed by atoms with Crippen molar-refractivity contribution in [3.8, 4) is 0 Å². The minimum absolute atomic E-state index is 0.00634. The van der Waals surface area contributed by atoms with Gasteiger partial charge in [-0.15, -0.1) is 0 Å². The molecule has 76 valence electrons. The molecular weight excluding hydrogens is 172 g/mol. The number of hydrogen-bond donors (Lipinski definition) is 0. The molecule has 0 radical (unpaired) electrons.